The van der Waals surface area contributed by atoms with Gasteiger partial charge in [-0.15, -0.1) is 0 Å². The number of amidine groups is 1. The molecule has 2 N–H and O–H groups in total. The predicted octanol–water partition coefficient (Wildman–Crippen LogP) is 6.41. The highest BCUT2D eigenvalue weighted by Crippen LogP contribution is 2.36. The third-order valence-electron chi connectivity index (χ3n) is 7.32. The third kappa shape index (κ3) is 3.80. The van der Waals surface area contributed by atoms with E-state index in [1.807, 2.05) is 36.4 Å². The summed E-state index contributed by atoms with van der Waals surface area (Å²) in [6, 6.07) is 37.6. The molecular formula is C33H25N5. The van der Waals surface area contributed by atoms with Crippen molar-refractivity contribution in [3.63, 3.8) is 0 Å². The number of allylic oxidation sites excluding steroid dienone is 1. The molecule has 1 aliphatic carbocycles. The van der Waals surface area contributed by atoms with Crippen LogP contribution in [0.1, 0.15) is 45.8 Å². The average Bonchev–Trinajstić information content (AvgIpc) is 3.59. The second-order valence-electron chi connectivity index (χ2n) is 9.64. The van der Waals surface area contributed by atoms with Crippen LogP contribution in [0.15, 0.2) is 114 Å². The van der Waals surface area contributed by atoms with Gasteiger partial charge in [0.05, 0.1) is 17.1 Å². The molecule has 2 atom stereocenters. The first-order valence-electron chi connectivity index (χ1n) is 12.8. The van der Waals surface area contributed by atoms with Crippen molar-refractivity contribution >= 4 is 22.8 Å². The maximum Gasteiger partial charge on any atom is 0.131 e. The van der Waals surface area contributed by atoms with Crippen LogP contribution in [-0.2, 0) is 6.42 Å². The molecule has 182 valence electrons. The number of aliphatic imine (C=N–C) groups is 1. The van der Waals surface area contributed by atoms with Crippen molar-refractivity contribution in [2.24, 2.45) is 4.99 Å². The maximum atomic E-state index is 9.46. The van der Waals surface area contributed by atoms with Gasteiger partial charge in [0.1, 0.15) is 18.2 Å². The minimum absolute atomic E-state index is 0.0807. The molecular weight excluding hydrogens is 466 g/mol. The number of nitriles is 1. The lowest BCUT2D eigenvalue weighted by Crippen LogP contribution is -2.44. The average molecular weight is 492 g/mol. The minimum atomic E-state index is -0.227. The molecule has 0 radical (unpaired) electrons. The largest absolute Gasteiger partial charge is 0.350 e. The molecule has 1 aromatic heterocycles. The van der Waals surface area contributed by atoms with E-state index in [1.165, 1.54) is 11.3 Å². The lowest BCUT2D eigenvalue weighted by molar-refractivity contribution is 0.409. The lowest BCUT2D eigenvalue weighted by Gasteiger charge is -2.32. The van der Waals surface area contributed by atoms with E-state index < -0.39 is 0 Å². The third-order valence-corrected chi connectivity index (χ3v) is 7.32. The van der Waals surface area contributed by atoms with Crippen molar-refractivity contribution < 1.29 is 0 Å². The highest BCUT2D eigenvalue weighted by atomic mass is 15.3. The summed E-state index contributed by atoms with van der Waals surface area (Å²) in [5, 5.41) is 17.9. The van der Waals surface area contributed by atoms with Crippen LogP contribution in [0.4, 0.5) is 0 Å². The Labute approximate surface area is 221 Å². The first-order chi connectivity index (χ1) is 18.8. The van der Waals surface area contributed by atoms with Crippen molar-refractivity contribution in [3.8, 4) is 11.8 Å². The summed E-state index contributed by atoms with van der Waals surface area (Å²) in [6.45, 7) is 0. The number of nitrogens with one attached hydrogen (secondary N) is 2. The topological polar surface area (TPSA) is 65.1 Å². The Balaban J connectivity index is 1.33. The van der Waals surface area contributed by atoms with Gasteiger partial charge in [0.15, 0.2) is 0 Å². The molecule has 0 saturated heterocycles. The summed E-state index contributed by atoms with van der Waals surface area (Å²) in [5.74, 6) is 0.870. The summed E-state index contributed by atoms with van der Waals surface area (Å²) >= 11 is 0. The number of hydrogen-bond donors (Lipinski definition) is 2. The second-order valence-corrected chi connectivity index (χ2v) is 9.64. The molecule has 1 aliphatic heterocycles. The minimum Gasteiger partial charge on any atom is -0.350 e. The Morgan fingerprint density at radius 1 is 0.842 bits per heavy atom. The van der Waals surface area contributed by atoms with Crippen LogP contribution in [0.25, 0.3) is 22.7 Å². The molecule has 5 aromatic rings. The van der Waals surface area contributed by atoms with Crippen LogP contribution in [-0.4, -0.2) is 10.4 Å². The molecule has 5 nitrogen and oxygen atoms in total. The zero-order valence-electron chi connectivity index (χ0n) is 20.7. The SMILES string of the molecule is N#Cc1ccc2c(c1)c1c(n2-c2cccc(C3N=C(c4ccccc4)NC(c4ccccc4)N3)c2)CC=C1. The summed E-state index contributed by atoms with van der Waals surface area (Å²) in [7, 11) is 0. The Bertz CT molecular complexity index is 1760. The van der Waals surface area contributed by atoms with Crippen LogP contribution in [0.3, 0.4) is 0 Å². The Kier molecular flexibility index (Phi) is 5.39. The van der Waals surface area contributed by atoms with Gasteiger partial charge in [-0.1, -0.05) is 84.9 Å². The lowest BCUT2D eigenvalue weighted by atomic mass is 10.1. The molecule has 0 saturated carbocycles. The van der Waals surface area contributed by atoms with E-state index in [0.29, 0.717) is 5.56 Å². The van der Waals surface area contributed by atoms with Crippen molar-refractivity contribution in [2.45, 2.75) is 18.8 Å². The number of aromatic nitrogens is 1. The van der Waals surface area contributed by atoms with E-state index in [9.17, 15) is 5.26 Å². The van der Waals surface area contributed by atoms with Crippen molar-refractivity contribution in [1.29, 1.82) is 5.26 Å². The van der Waals surface area contributed by atoms with Crippen molar-refractivity contribution in [1.82, 2.24) is 15.2 Å². The molecule has 7 rings (SSSR count). The number of nitrogens with zero attached hydrogens (tertiary/aromatic N) is 3. The Hall–Kier alpha value is -4.92. The fraction of sp³-hybridized carbons (Fsp3) is 0.0909. The van der Waals surface area contributed by atoms with Gasteiger partial charge < -0.3 is 9.88 Å². The quantitative estimate of drug-likeness (QED) is 0.305. The summed E-state index contributed by atoms with van der Waals surface area (Å²) < 4.78 is 2.33. The zero-order chi connectivity index (χ0) is 25.5. The van der Waals surface area contributed by atoms with Gasteiger partial charge in [0, 0.05) is 34.3 Å². The molecule has 0 bridgehead atoms. The molecule has 2 heterocycles. The molecule has 5 heteroatoms. The summed E-state index contributed by atoms with van der Waals surface area (Å²) in [6.07, 6.45) is 4.93. The molecule has 0 fully saturated rings. The standard InChI is InChI=1S/C33H25N5/c34-21-22-17-18-30-28(19-22)27-15-8-16-29(27)38(30)26-14-7-13-25(20-26)33-36-31(23-9-3-1-4-10-23)35-32(37-33)24-11-5-2-6-12-24/h1-15,17-20,31,33,36H,16H2,(H,35,37). The summed E-state index contributed by atoms with van der Waals surface area (Å²) in [4.78, 5) is 5.11. The highest BCUT2D eigenvalue weighted by Gasteiger charge is 2.26. The van der Waals surface area contributed by atoms with Crippen molar-refractivity contribution in [3.05, 3.63) is 143 Å². The van der Waals surface area contributed by atoms with Crippen LogP contribution in [0.2, 0.25) is 0 Å². The van der Waals surface area contributed by atoms with Gasteiger partial charge in [0.2, 0.25) is 0 Å². The van der Waals surface area contributed by atoms with Crippen LogP contribution >= 0.6 is 0 Å². The van der Waals surface area contributed by atoms with E-state index in [0.717, 1.165) is 45.5 Å². The van der Waals surface area contributed by atoms with Gasteiger partial charge in [-0.3, -0.25) is 5.32 Å². The van der Waals surface area contributed by atoms with Gasteiger partial charge in [-0.05, 0) is 41.5 Å². The van der Waals surface area contributed by atoms with E-state index in [4.69, 9.17) is 4.99 Å². The smallest absolute Gasteiger partial charge is 0.131 e. The van der Waals surface area contributed by atoms with Crippen molar-refractivity contribution in [2.75, 3.05) is 0 Å². The number of benzene rings is 4. The number of rotatable bonds is 4. The Morgan fingerprint density at radius 3 is 2.45 bits per heavy atom. The molecule has 38 heavy (non-hydrogen) atoms. The van der Waals surface area contributed by atoms with E-state index in [-0.39, 0.29) is 12.3 Å². The van der Waals surface area contributed by atoms with E-state index >= 15 is 0 Å². The van der Waals surface area contributed by atoms with E-state index in [2.05, 4.69) is 100 Å². The van der Waals surface area contributed by atoms with Crippen LogP contribution in [0.5, 0.6) is 0 Å². The molecule has 0 amide bonds. The highest BCUT2D eigenvalue weighted by molar-refractivity contribution is 5.99. The van der Waals surface area contributed by atoms with Gasteiger partial charge >= 0.3 is 0 Å². The monoisotopic (exact) mass is 491 g/mol. The predicted molar refractivity (Wildman–Crippen MR) is 152 cm³/mol. The molecule has 0 spiro atoms. The normalized spacial score (nSPS) is 18.0. The fourth-order valence-corrected chi connectivity index (χ4v) is 5.53. The Morgan fingerprint density at radius 2 is 1.63 bits per heavy atom. The van der Waals surface area contributed by atoms with Gasteiger partial charge in [0.25, 0.3) is 0 Å². The summed E-state index contributed by atoms with van der Waals surface area (Å²) in [5.41, 5.74) is 8.65. The molecule has 2 unspecified atom stereocenters. The first kappa shape index (κ1) is 22.3. The number of hydrogen-bond acceptors (Lipinski definition) is 4. The van der Waals surface area contributed by atoms with Crippen LogP contribution < -0.4 is 10.6 Å². The zero-order valence-corrected chi connectivity index (χ0v) is 20.7. The number of fused-ring (bicyclic) bond motifs is 3. The molecule has 2 aliphatic rings. The maximum absolute atomic E-state index is 9.46. The second kappa shape index (κ2) is 9.19. The fourth-order valence-electron chi connectivity index (χ4n) is 5.53. The van der Waals surface area contributed by atoms with Crippen LogP contribution in [0, 0.1) is 11.3 Å². The van der Waals surface area contributed by atoms with Gasteiger partial charge in [-0.2, -0.15) is 5.26 Å². The van der Waals surface area contributed by atoms with E-state index in [1.54, 1.807) is 0 Å². The molecule has 4 aromatic carbocycles. The first-order valence-corrected chi connectivity index (χ1v) is 12.8. The van der Waals surface area contributed by atoms with Gasteiger partial charge in [-0.25, -0.2) is 4.99 Å².